The molecule has 1 fully saturated rings. The van der Waals surface area contributed by atoms with Crippen molar-refractivity contribution in [1.82, 2.24) is 10.2 Å². The lowest BCUT2D eigenvalue weighted by molar-refractivity contribution is 0.0700. The van der Waals surface area contributed by atoms with Gasteiger partial charge in [0.1, 0.15) is 10.7 Å². The molecule has 1 aliphatic rings. The Bertz CT molecular complexity index is 650. The number of rotatable bonds is 3. The van der Waals surface area contributed by atoms with Crippen LogP contribution in [0.1, 0.15) is 15.2 Å². The molecule has 0 spiro atoms. The first-order valence-corrected chi connectivity index (χ1v) is 7.34. The van der Waals surface area contributed by atoms with Crippen LogP contribution in [0, 0.1) is 5.82 Å². The first kappa shape index (κ1) is 13.5. The molecule has 1 aliphatic heterocycles. The van der Waals surface area contributed by atoms with E-state index < -0.39 is 5.97 Å². The highest BCUT2D eigenvalue weighted by Gasteiger charge is 2.22. The molecule has 0 saturated carbocycles. The summed E-state index contributed by atoms with van der Waals surface area (Å²) in [6.07, 6.45) is 0. The van der Waals surface area contributed by atoms with Crippen molar-refractivity contribution >= 4 is 27.4 Å². The number of thiophene rings is 1. The fourth-order valence-corrected chi connectivity index (χ4v) is 3.65. The topological polar surface area (TPSA) is 52.6 Å². The van der Waals surface area contributed by atoms with Gasteiger partial charge in [-0.2, -0.15) is 0 Å². The zero-order chi connectivity index (χ0) is 14.1. The van der Waals surface area contributed by atoms with Gasteiger partial charge in [0, 0.05) is 48.4 Å². The van der Waals surface area contributed by atoms with Crippen molar-refractivity contribution in [2.75, 3.05) is 26.2 Å². The molecule has 6 heteroatoms. The number of fused-ring (bicyclic) bond motifs is 1. The van der Waals surface area contributed by atoms with E-state index in [1.807, 2.05) is 0 Å². The minimum absolute atomic E-state index is 0.253. The summed E-state index contributed by atoms with van der Waals surface area (Å²) in [5, 5.41) is 13.1. The zero-order valence-corrected chi connectivity index (χ0v) is 11.7. The molecule has 3 rings (SSSR count). The molecule has 20 heavy (non-hydrogen) atoms. The quantitative estimate of drug-likeness (QED) is 0.910. The van der Waals surface area contributed by atoms with E-state index in [0.717, 1.165) is 37.5 Å². The number of halogens is 1. The summed E-state index contributed by atoms with van der Waals surface area (Å²) in [4.78, 5) is 13.8. The third kappa shape index (κ3) is 2.42. The third-order valence-corrected chi connectivity index (χ3v) is 4.73. The molecule has 2 N–H and O–H groups in total. The van der Waals surface area contributed by atoms with Crippen LogP contribution < -0.4 is 5.32 Å². The lowest BCUT2D eigenvalue weighted by Crippen LogP contribution is -2.43. The lowest BCUT2D eigenvalue weighted by Gasteiger charge is -2.27. The first-order valence-electron chi connectivity index (χ1n) is 6.53. The lowest BCUT2D eigenvalue weighted by atomic mass is 10.1. The summed E-state index contributed by atoms with van der Waals surface area (Å²) < 4.78 is 14.8. The Kier molecular flexibility index (Phi) is 3.69. The number of piperazine rings is 1. The van der Waals surface area contributed by atoms with Crippen LogP contribution >= 0.6 is 11.3 Å². The van der Waals surface area contributed by atoms with Crippen LogP contribution in [0.3, 0.4) is 0 Å². The molecule has 0 unspecified atom stereocenters. The van der Waals surface area contributed by atoms with Crippen LogP contribution in [0.15, 0.2) is 18.2 Å². The minimum Gasteiger partial charge on any atom is -0.477 e. The SMILES string of the molecule is O=C(O)c1sc2cccc(F)c2c1CN1CCNCC1. The predicted octanol–water partition coefficient (Wildman–Crippen LogP) is 2.14. The van der Waals surface area contributed by atoms with E-state index in [1.165, 1.54) is 6.07 Å². The fraction of sp³-hybridized carbons (Fsp3) is 0.357. The normalized spacial score (nSPS) is 16.6. The highest BCUT2D eigenvalue weighted by atomic mass is 32.1. The van der Waals surface area contributed by atoms with Gasteiger partial charge in [-0.1, -0.05) is 6.07 Å². The summed E-state index contributed by atoms with van der Waals surface area (Å²) >= 11 is 1.15. The molecular weight excluding hydrogens is 279 g/mol. The van der Waals surface area contributed by atoms with Crippen LogP contribution in [0.5, 0.6) is 0 Å². The second kappa shape index (κ2) is 5.47. The maximum Gasteiger partial charge on any atom is 0.346 e. The highest BCUT2D eigenvalue weighted by Crippen LogP contribution is 2.34. The van der Waals surface area contributed by atoms with Gasteiger partial charge < -0.3 is 10.4 Å². The van der Waals surface area contributed by atoms with Gasteiger partial charge >= 0.3 is 5.97 Å². The van der Waals surface area contributed by atoms with Crippen molar-refractivity contribution in [3.8, 4) is 0 Å². The van der Waals surface area contributed by atoms with Crippen LogP contribution in [-0.2, 0) is 6.54 Å². The van der Waals surface area contributed by atoms with E-state index >= 15 is 0 Å². The Labute approximate surface area is 119 Å². The molecule has 1 saturated heterocycles. The number of nitrogens with one attached hydrogen (secondary N) is 1. The number of carbonyl (C=O) groups is 1. The predicted molar refractivity (Wildman–Crippen MR) is 76.9 cm³/mol. The number of carboxylic acid groups (broad SMARTS) is 1. The van der Waals surface area contributed by atoms with Crippen molar-refractivity contribution in [2.45, 2.75) is 6.54 Å². The molecule has 2 aromatic rings. The molecule has 2 heterocycles. The molecule has 1 aromatic heterocycles. The summed E-state index contributed by atoms with van der Waals surface area (Å²) in [6.45, 7) is 3.96. The summed E-state index contributed by atoms with van der Waals surface area (Å²) in [5.41, 5.74) is 0.609. The first-order chi connectivity index (χ1) is 9.66. The Morgan fingerprint density at radius 3 is 2.85 bits per heavy atom. The average molecular weight is 294 g/mol. The Hall–Kier alpha value is -1.50. The maximum absolute atomic E-state index is 14.1. The monoisotopic (exact) mass is 294 g/mol. The van der Waals surface area contributed by atoms with Gasteiger partial charge in [-0.3, -0.25) is 4.90 Å². The molecule has 0 amide bonds. The number of hydrogen-bond acceptors (Lipinski definition) is 4. The largest absolute Gasteiger partial charge is 0.477 e. The van der Waals surface area contributed by atoms with Gasteiger partial charge in [-0.25, -0.2) is 9.18 Å². The second-order valence-electron chi connectivity index (χ2n) is 4.85. The van der Waals surface area contributed by atoms with Crippen molar-refractivity contribution < 1.29 is 14.3 Å². The third-order valence-electron chi connectivity index (χ3n) is 3.55. The van der Waals surface area contributed by atoms with Gasteiger partial charge in [-0.15, -0.1) is 11.3 Å². The number of aromatic carboxylic acids is 1. The van der Waals surface area contributed by atoms with E-state index in [9.17, 15) is 14.3 Å². The minimum atomic E-state index is -0.976. The second-order valence-corrected chi connectivity index (χ2v) is 5.91. The molecule has 106 valence electrons. The fourth-order valence-electron chi connectivity index (χ4n) is 2.58. The van der Waals surface area contributed by atoms with E-state index in [1.54, 1.807) is 12.1 Å². The van der Waals surface area contributed by atoms with Crippen LogP contribution in [0.25, 0.3) is 10.1 Å². The van der Waals surface area contributed by atoms with E-state index in [-0.39, 0.29) is 10.7 Å². The molecule has 0 aliphatic carbocycles. The Morgan fingerprint density at radius 1 is 1.40 bits per heavy atom. The van der Waals surface area contributed by atoms with Crippen LogP contribution in [0.4, 0.5) is 4.39 Å². The highest BCUT2D eigenvalue weighted by molar-refractivity contribution is 7.21. The van der Waals surface area contributed by atoms with Crippen molar-refractivity contribution in [3.63, 3.8) is 0 Å². The zero-order valence-electron chi connectivity index (χ0n) is 10.9. The molecule has 0 atom stereocenters. The summed E-state index contributed by atoms with van der Waals surface area (Å²) in [7, 11) is 0. The Morgan fingerprint density at radius 2 is 2.15 bits per heavy atom. The maximum atomic E-state index is 14.1. The molecular formula is C14H15FN2O2S. The number of carboxylic acids is 1. The van der Waals surface area contributed by atoms with Gasteiger partial charge in [0.2, 0.25) is 0 Å². The number of hydrogen-bond donors (Lipinski definition) is 2. The Balaban J connectivity index is 2.06. The summed E-state index contributed by atoms with van der Waals surface area (Å²) in [5.74, 6) is -1.31. The molecule has 0 bridgehead atoms. The van der Waals surface area contributed by atoms with Crippen LogP contribution in [-0.4, -0.2) is 42.2 Å². The molecule has 0 radical (unpaired) electrons. The van der Waals surface area contributed by atoms with E-state index in [0.29, 0.717) is 22.2 Å². The van der Waals surface area contributed by atoms with E-state index in [2.05, 4.69) is 10.2 Å². The van der Waals surface area contributed by atoms with Crippen molar-refractivity contribution in [2.24, 2.45) is 0 Å². The van der Waals surface area contributed by atoms with Gasteiger partial charge in [0.05, 0.1) is 0 Å². The molecule has 1 aromatic carbocycles. The van der Waals surface area contributed by atoms with Gasteiger partial charge in [0.25, 0.3) is 0 Å². The number of benzene rings is 1. The van der Waals surface area contributed by atoms with Gasteiger partial charge in [0.15, 0.2) is 0 Å². The van der Waals surface area contributed by atoms with Gasteiger partial charge in [-0.05, 0) is 12.1 Å². The van der Waals surface area contributed by atoms with Crippen molar-refractivity contribution in [1.29, 1.82) is 0 Å². The smallest absolute Gasteiger partial charge is 0.346 e. The standard InChI is InChI=1S/C14H15FN2O2S/c15-10-2-1-3-11-12(10)9(13(20-11)14(18)19)8-17-6-4-16-5-7-17/h1-3,16H,4-8H2,(H,18,19). The van der Waals surface area contributed by atoms with Crippen molar-refractivity contribution in [3.05, 3.63) is 34.5 Å². The van der Waals surface area contributed by atoms with E-state index in [4.69, 9.17) is 0 Å². The van der Waals surface area contributed by atoms with Crippen LogP contribution in [0.2, 0.25) is 0 Å². The summed E-state index contributed by atoms with van der Waals surface area (Å²) in [6, 6.07) is 4.78. The molecule has 4 nitrogen and oxygen atoms in total. The number of nitrogens with zero attached hydrogens (tertiary/aromatic N) is 1. The average Bonchev–Trinajstić information content (AvgIpc) is 2.80.